The first-order valence-corrected chi connectivity index (χ1v) is 8.22. The molecule has 3 aromatic rings. The molecule has 0 saturated heterocycles. The number of hydrogen-bond donors (Lipinski definition) is 0. The largest absolute Gasteiger partial charge is 0.493 e. The van der Waals surface area contributed by atoms with Gasteiger partial charge in [-0.3, -0.25) is 4.79 Å². The van der Waals surface area contributed by atoms with Crippen LogP contribution < -0.4 is 9.47 Å². The van der Waals surface area contributed by atoms with Crippen LogP contribution in [-0.2, 0) is 0 Å². The van der Waals surface area contributed by atoms with E-state index in [2.05, 4.69) is 10.1 Å². The van der Waals surface area contributed by atoms with Gasteiger partial charge in [0.25, 0.3) is 0 Å². The van der Waals surface area contributed by atoms with Gasteiger partial charge in [-0.2, -0.15) is 4.68 Å². The molecule has 0 spiro atoms. The summed E-state index contributed by atoms with van der Waals surface area (Å²) in [4.78, 5) is 16.9. The molecule has 7 nitrogen and oxygen atoms in total. The molecule has 0 aliphatic carbocycles. The predicted molar refractivity (Wildman–Crippen MR) is 88.8 cm³/mol. The minimum absolute atomic E-state index is 0.203. The van der Waals surface area contributed by atoms with Crippen LogP contribution in [0.5, 0.6) is 11.5 Å². The Morgan fingerprint density at radius 1 is 1.21 bits per heavy atom. The molecule has 3 rings (SSSR count). The number of carbonyl (C=O) groups is 1. The minimum atomic E-state index is -0.372. The molecule has 0 aliphatic rings. The number of benzene rings is 1. The maximum absolute atomic E-state index is 12.5. The summed E-state index contributed by atoms with van der Waals surface area (Å²) in [5, 5.41) is 4.79. The molecule has 0 unspecified atom stereocenters. The average molecular weight is 345 g/mol. The summed E-state index contributed by atoms with van der Waals surface area (Å²) >= 11 is 1.33. The van der Waals surface area contributed by atoms with E-state index in [1.165, 1.54) is 22.7 Å². The van der Waals surface area contributed by atoms with Gasteiger partial charge in [-0.25, -0.2) is 4.98 Å². The third-order valence-electron chi connectivity index (χ3n) is 3.33. The van der Waals surface area contributed by atoms with Crippen LogP contribution in [0.25, 0.3) is 11.4 Å². The normalized spacial score (nSPS) is 10.6. The van der Waals surface area contributed by atoms with E-state index in [0.717, 1.165) is 0 Å². The monoisotopic (exact) mass is 345 g/mol. The summed E-state index contributed by atoms with van der Waals surface area (Å²) < 4.78 is 16.9. The fourth-order valence-corrected chi connectivity index (χ4v) is 2.64. The highest BCUT2D eigenvalue weighted by molar-refractivity contribution is 7.98. The minimum Gasteiger partial charge on any atom is -0.493 e. The molecule has 2 heterocycles. The van der Waals surface area contributed by atoms with Crippen molar-refractivity contribution in [1.82, 2.24) is 14.8 Å². The van der Waals surface area contributed by atoms with E-state index in [4.69, 9.17) is 13.9 Å². The number of thioether (sulfide) groups is 1. The van der Waals surface area contributed by atoms with E-state index in [0.29, 0.717) is 28.0 Å². The first-order valence-electron chi connectivity index (χ1n) is 6.99. The van der Waals surface area contributed by atoms with Gasteiger partial charge in [0.05, 0.1) is 20.5 Å². The van der Waals surface area contributed by atoms with Crippen molar-refractivity contribution in [3.05, 3.63) is 42.4 Å². The summed E-state index contributed by atoms with van der Waals surface area (Å²) in [6, 6.07) is 8.58. The maximum Gasteiger partial charge on any atom is 0.316 e. The molecule has 0 fully saturated rings. The Balaban J connectivity index is 2.03. The number of ether oxygens (including phenoxy) is 2. The predicted octanol–water partition coefficient (Wildman–Crippen LogP) is 2.97. The Kier molecular flexibility index (Phi) is 4.57. The Labute approximate surface area is 142 Å². The summed E-state index contributed by atoms with van der Waals surface area (Å²) in [6.07, 6.45) is 3.27. The average Bonchev–Trinajstić information content (AvgIpc) is 3.30. The molecule has 0 atom stereocenters. The number of carbonyl (C=O) groups excluding carboxylic acids is 1. The fraction of sp³-hybridized carbons (Fsp3) is 0.188. The third-order valence-corrected chi connectivity index (χ3v) is 3.96. The van der Waals surface area contributed by atoms with Gasteiger partial charge in [-0.15, -0.1) is 5.10 Å². The van der Waals surface area contributed by atoms with Crippen molar-refractivity contribution in [2.24, 2.45) is 0 Å². The van der Waals surface area contributed by atoms with Crippen LogP contribution in [0.15, 0.2) is 46.2 Å². The zero-order valence-corrected chi connectivity index (χ0v) is 14.2. The molecule has 0 N–H and O–H groups in total. The van der Waals surface area contributed by atoms with Crippen molar-refractivity contribution in [1.29, 1.82) is 0 Å². The third kappa shape index (κ3) is 2.88. The van der Waals surface area contributed by atoms with Gasteiger partial charge in [-0.1, -0.05) is 11.8 Å². The van der Waals surface area contributed by atoms with E-state index in [1.54, 1.807) is 38.5 Å². The van der Waals surface area contributed by atoms with Crippen LogP contribution in [0, 0.1) is 0 Å². The fourth-order valence-electron chi connectivity index (χ4n) is 2.16. The molecule has 124 valence electrons. The summed E-state index contributed by atoms with van der Waals surface area (Å²) in [7, 11) is 3.12. The molecule has 0 bridgehead atoms. The molecule has 0 amide bonds. The molecular weight excluding hydrogens is 330 g/mol. The Morgan fingerprint density at radius 3 is 2.62 bits per heavy atom. The summed E-state index contributed by atoms with van der Waals surface area (Å²) in [6.45, 7) is 0. The lowest BCUT2D eigenvalue weighted by molar-refractivity contribution is 0.0905. The van der Waals surface area contributed by atoms with Gasteiger partial charge >= 0.3 is 5.91 Å². The van der Waals surface area contributed by atoms with Gasteiger partial charge < -0.3 is 13.9 Å². The van der Waals surface area contributed by atoms with E-state index >= 15 is 0 Å². The van der Waals surface area contributed by atoms with Gasteiger partial charge in [0, 0.05) is 5.56 Å². The van der Waals surface area contributed by atoms with Gasteiger partial charge in [0.1, 0.15) is 0 Å². The second-order valence-corrected chi connectivity index (χ2v) is 5.46. The van der Waals surface area contributed by atoms with Crippen molar-refractivity contribution in [3.8, 4) is 22.9 Å². The van der Waals surface area contributed by atoms with E-state index in [1.807, 2.05) is 12.3 Å². The molecule has 8 heteroatoms. The Morgan fingerprint density at radius 2 is 2.00 bits per heavy atom. The highest BCUT2D eigenvalue weighted by Crippen LogP contribution is 2.31. The van der Waals surface area contributed by atoms with Crippen LogP contribution in [-0.4, -0.2) is 41.1 Å². The SMILES string of the molecule is COc1ccc(-c2nc(SC)n(C(=O)c3ccco3)n2)cc1OC. The van der Waals surface area contributed by atoms with Crippen LogP contribution in [0.4, 0.5) is 0 Å². The van der Waals surface area contributed by atoms with Crippen molar-refractivity contribution in [2.45, 2.75) is 5.16 Å². The Hall–Kier alpha value is -2.74. The standard InChI is InChI=1S/C16H15N3O4S/c1-21-11-7-6-10(9-13(11)22-2)14-17-16(24-3)19(18-14)15(20)12-5-4-8-23-12/h4-9H,1-3H3. The van der Waals surface area contributed by atoms with Gasteiger partial charge in [0.2, 0.25) is 0 Å². The number of furan rings is 1. The Bertz CT molecular complexity index is 858. The lowest BCUT2D eigenvalue weighted by Crippen LogP contribution is -2.14. The first kappa shape index (κ1) is 16.1. The zero-order chi connectivity index (χ0) is 17.1. The molecule has 0 saturated carbocycles. The van der Waals surface area contributed by atoms with Crippen molar-refractivity contribution in [3.63, 3.8) is 0 Å². The lowest BCUT2D eigenvalue weighted by Gasteiger charge is -2.07. The molecular formula is C16H15N3O4S. The van der Waals surface area contributed by atoms with Gasteiger partial charge in [0.15, 0.2) is 28.2 Å². The molecule has 1 aromatic carbocycles. The van der Waals surface area contributed by atoms with Crippen molar-refractivity contribution >= 4 is 17.7 Å². The van der Waals surface area contributed by atoms with Crippen molar-refractivity contribution in [2.75, 3.05) is 20.5 Å². The molecule has 0 radical (unpaired) electrons. The molecule has 2 aromatic heterocycles. The number of nitrogens with zero attached hydrogens (tertiary/aromatic N) is 3. The summed E-state index contributed by atoms with van der Waals surface area (Å²) in [5.41, 5.74) is 0.717. The number of methoxy groups -OCH3 is 2. The van der Waals surface area contributed by atoms with Crippen molar-refractivity contribution < 1.29 is 18.7 Å². The van der Waals surface area contributed by atoms with Crippen LogP contribution in [0.1, 0.15) is 10.6 Å². The van der Waals surface area contributed by atoms with Crippen LogP contribution >= 0.6 is 11.8 Å². The quantitative estimate of drug-likeness (QED) is 0.658. The second-order valence-electron chi connectivity index (χ2n) is 4.69. The smallest absolute Gasteiger partial charge is 0.316 e. The zero-order valence-electron chi connectivity index (χ0n) is 13.3. The highest BCUT2D eigenvalue weighted by Gasteiger charge is 2.20. The molecule has 24 heavy (non-hydrogen) atoms. The lowest BCUT2D eigenvalue weighted by atomic mass is 10.2. The van der Waals surface area contributed by atoms with Gasteiger partial charge in [-0.05, 0) is 36.6 Å². The van der Waals surface area contributed by atoms with E-state index in [9.17, 15) is 4.79 Å². The second kappa shape index (κ2) is 6.79. The van der Waals surface area contributed by atoms with E-state index < -0.39 is 0 Å². The van der Waals surface area contributed by atoms with Crippen LogP contribution in [0.2, 0.25) is 0 Å². The highest BCUT2D eigenvalue weighted by atomic mass is 32.2. The summed E-state index contributed by atoms with van der Waals surface area (Å²) in [5.74, 6) is 1.42. The first-order chi connectivity index (χ1) is 11.7. The maximum atomic E-state index is 12.5. The number of aromatic nitrogens is 3. The topological polar surface area (TPSA) is 79.4 Å². The van der Waals surface area contributed by atoms with E-state index in [-0.39, 0.29) is 11.7 Å². The molecule has 0 aliphatic heterocycles. The van der Waals surface area contributed by atoms with Crippen LogP contribution in [0.3, 0.4) is 0 Å². The number of hydrogen-bond acceptors (Lipinski definition) is 7. The number of rotatable bonds is 5.